The highest BCUT2D eigenvalue weighted by molar-refractivity contribution is 6.16. The molecule has 86 valence electrons. The van der Waals surface area contributed by atoms with Crippen LogP contribution in [0.5, 0.6) is 5.75 Å². The molecule has 0 bridgehead atoms. The van der Waals surface area contributed by atoms with Crippen LogP contribution in [0.15, 0.2) is 12.3 Å². The number of nitrogens with one attached hydrogen (secondary N) is 1. The summed E-state index contributed by atoms with van der Waals surface area (Å²) in [6.45, 7) is 3.13. The van der Waals surface area contributed by atoms with Gasteiger partial charge < -0.3 is 21.9 Å². The first-order chi connectivity index (χ1) is 6.79. The molecule has 0 aromatic carbocycles. The van der Waals surface area contributed by atoms with Crippen LogP contribution in [0.3, 0.4) is 0 Å². The summed E-state index contributed by atoms with van der Waals surface area (Å²) < 4.78 is 10.4. The second kappa shape index (κ2) is 7.74. The first kappa shape index (κ1) is 14.5. The Labute approximate surface area is 101 Å². The lowest BCUT2D eigenvalue weighted by Gasteiger charge is -2.07. The third kappa shape index (κ3) is 4.24. The Hall–Kier alpha value is -0.510. The predicted octanol–water partition coefficient (Wildman–Crippen LogP) is -1.42. The molecule has 0 spiro atoms. The zero-order valence-electron chi connectivity index (χ0n) is 8.85. The Bertz CT molecular complexity index is 295. The summed E-state index contributed by atoms with van der Waals surface area (Å²) >= 11 is 5.75. The summed E-state index contributed by atoms with van der Waals surface area (Å²) in [6.07, 6.45) is 1.83. The number of aromatic amines is 1. The number of H-pyrrole nitrogens is 1. The molecule has 0 aliphatic rings. The van der Waals surface area contributed by atoms with Crippen LogP contribution in [-0.4, -0.2) is 20.3 Å². The maximum atomic E-state index is 5.75. The maximum absolute atomic E-state index is 5.75. The summed E-state index contributed by atoms with van der Waals surface area (Å²) in [5.41, 5.74) is 2.04. The van der Waals surface area contributed by atoms with Gasteiger partial charge in [0.1, 0.15) is 18.2 Å². The van der Waals surface area contributed by atoms with E-state index in [1.807, 2.05) is 19.2 Å². The van der Waals surface area contributed by atoms with Crippen LogP contribution in [0.25, 0.3) is 0 Å². The van der Waals surface area contributed by atoms with E-state index in [9.17, 15) is 0 Å². The lowest BCUT2D eigenvalue weighted by molar-refractivity contribution is -0.389. The van der Waals surface area contributed by atoms with Gasteiger partial charge in [0.25, 0.3) is 0 Å². The van der Waals surface area contributed by atoms with E-state index in [0.29, 0.717) is 19.1 Å². The molecule has 0 aliphatic heterocycles. The summed E-state index contributed by atoms with van der Waals surface area (Å²) in [5.74, 6) is 1.32. The molecule has 0 atom stereocenters. The third-order valence-corrected chi connectivity index (χ3v) is 2.26. The number of pyridine rings is 1. The van der Waals surface area contributed by atoms with Gasteiger partial charge in [-0.1, -0.05) is 0 Å². The Morgan fingerprint density at radius 1 is 1.40 bits per heavy atom. The molecule has 0 radical (unpaired) electrons. The van der Waals surface area contributed by atoms with Gasteiger partial charge in [0.2, 0.25) is 5.69 Å². The van der Waals surface area contributed by atoms with Crippen LogP contribution in [-0.2, 0) is 10.6 Å². The molecule has 0 aliphatic carbocycles. The van der Waals surface area contributed by atoms with E-state index in [0.717, 1.165) is 17.0 Å². The smallest absolute Gasteiger partial charge is 0.201 e. The van der Waals surface area contributed by atoms with Crippen LogP contribution in [0.1, 0.15) is 11.3 Å². The fourth-order valence-electron chi connectivity index (χ4n) is 1.13. The number of hydrogen-bond donors (Lipinski definition) is 0. The Balaban J connectivity index is 0.00000196. The van der Waals surface area contributed by atoms with Gasteiger partial charge in [-0.15, -0.1) is 11.6 Å². The predicted molar refractivity (Wildman–Crippen MR) is 54.7 cm³/mol. The first-order valence-electron chi connectivity index (χ1n) is 4.47. The Kier molecular flexibility index (Phi) is 7.48. The number of hydrogen-bond acceptors (Lipinski definition) is 2. The number of aromatic nitrogens is 1. The second-order valence-electron chi connectivity index (χ2n) is 2.92. The quantitative estimate of drug-likeness (QED) is 0.476. The number of ether oxygens (including phenoxy) is 2. The van der Waals surface area contributed by atoms with Gasteiger partial charge in [-0.25, -0.2) is 4.98 Å². The van der Waals surface area contributed by atoms with Gasteiger partial charge in [-0.05, 0) is 6.92 Å². The van der Waals surface area contributed by atoms with Crippen molar-refractivity contribution < 1.29 is 26.9 Å². The highest BCUT2D eigenvalue weighted by atomic mass is 35.5. The van der Waals surface area contributed by atoms with Crippen molar-refractivity contribution >= 4 is 11.6 Å². The molecule has 3 nitrogen and oxygen atoms in total. The summed E-state index contributed by atoms with van der Waals surface area (Å²) in [5, 5.41) is 0. The van der Waals surface area contributed by atoms with Gasteiger partial charge in [-0.2, -0.15) is 0 Å². The monoisotopic (exact) mass is 251 g/mol. The van der Waals surface area contributed by atoms with Crippen molar-refractivity contribution in [2.75, 3.05) is 20.3 Å². The van der Waals surface area contributed by atoms with Crippen LogP contribution >= 0.6 is 11.6 Å². The van der Waals surface area contributed by atoms with Crippen molar-refractivity contribution in [3.8, 4) is 5.75 Å². The zero-order valence-corrected chi connectivity index (χ0v) is 10.4. The fraction of sp³-hybridized carbons (Fsp3) is 0.500. The average Bonchev–Trinajstić information content (AvgIpc) is 2.21. The van der Waals surface area contributed by atoms with Gasteiger partial charge in [0, 0.05) is 13.2 Å². The van der Waals surface area contributed by atoms with Gasteiger partial charge in [-0.3, -0.25) is 0 Å². The Morgan fingerprint density at radius 3 is 2.73 bits per heavy atom. The molecule has 1 aromatic heterocycles. The molecule has 0 amide bonds. The lowest BCUT2D eigenvalue weighted by atomic mass is 10.2. The van der Waals surface area contributed by atoms with E-state index in [-0.39, 0.29) is 12.4 Å². The van der Waals surface area contributed by atoms with Crippen molar-refractivity contribution in [1.29, 1.82) is 0 Å². The Morgan fingerprint density at radius 2 is 2.13 bits per heavy atom. The summed E-state index contributed by atoms with van der Waals surface area (Å²) in [6, 6.07) is 1.89. The topological polar surface area (TPSA) is 32.6 Å². The molecule has 15 heavy (non-hydrogen) atoms. The number of alkyl halides is 1. The van der Waals surface area contributed by atoms with E-state index < -0.39 is 0 Å². The van der Waals surface area contributed by atoms with Crippen LogP contribution in [0, 0.1) is 6.92 Å². The minimum absolute atomic E-state index is 0. The second-order valence-corrected chi connectivity index (χ2v) is 3.19. The molecule has 1 heterocycles. The fourth-order valence-corrected chi connectivity index (χ4v) is 1.41. The van der Waals surface area contributed by atoms with Crippen molar-refractivity contribution in [2.24, 2.45) is 0 Å². The number of methoxy groups -OCH3 is 1. The van der Waals surface area contributed by atoms with Crippen LogP contribution in [0.4, 0.5) is 0 Å². The lowest BCUT2D eigenvalue weighted by Crippen LogP contribution is -3.00. The first-order valence-corrected chi connectivity index (χ1v) is 5.01. The molecule has 1 rings (SSSR count). The zero-order chi connectivity index (χ0) is 10.4. The molecule has 1 aromatic rings. The number of rotatable bonds is 5. The van der Waals surface area contributed by atoms with E-state index >= 15 is 0 Å². The largest absolute Gasteiger partial charge is 1.00 e. The molecule has 5 heteroatoms. The van der Waals surface area contributed by atoms with Crippen molar-refractivity contribution in [1.82, 2.24) is 0 Å². The van der Waals surface area contributed by atoms with Crippen molar-refractivity contribution in [2.45, 2.75) is 12.8 Å². The third-order valence-electron chi connectivity index (χ3n) is 1.99. The SMILES string of the molecule is COCCOc1cc[nH+]c(CCl)c1C.[Cl-]. The van der Waals surface area contributed by atoms with E-state index in [1.54, 1.807) is 7.11 Å². The van der Waals surface area contributed by atoms with E-state index in [2.05, 4.69) is 4.98 Å². The average molecular weight is 252 g/mol. The summed E-state index contributed by atoms with van der Waals surface area (Å²) in [4.78, 5) is 3.07. The van der Waals surface area contributed by atoms with Crippen LogP contribution in [0.2, 0.25) is 0 Å². The van der Waals surface area contributed by atoms with Crippen LogP contribution < -0.4 is 22.1 Å². The minimum atomic E-state index is 0. The van der Waals surface area contributed by atoms with Gasteiger partial charge >= 0.3 is 0 Å². The van der Waals surface area contributed by atoms with E-state index in [4.69, 9.17) is 21.1 Å². The maximum Gasteiger partial charge on any atom is 0.201 e. The molecule has 1 N–H and O–H groups in total. The highest BCUT2D eigenvalue weighted by Crippen LogP contribution is 2.18. The minimum Gasteiger partial charge on any atom is -1.00 e. The number of halogens is 2. The molecule has 0 saturated heterocycles. The molecular formula is C10H15Cl2NO2. The molecule has 0 unspecified atom stereocenters. The molecule has 0 fully saturated rings. The molecular weight excluding hydrogens is 237 g/mol. The highest BCUT2D eigenvalue weighted by Gasteiger charge is 2.09. The summed E-state index contributed by atoms with van der Waals surface area (Å²) in [7, 11) is 1.65. The standard InChI is InChI=1S/C10H14ClNO2.ClH/c1-8-9(7-11)12-4-3-10(8)14-6-5-13-2;/h3-4H,5-7H2,1-2H3;1H. The van der Waals surface area contributed by atoms with Crippen molar-refractivity contribution in [3.63, 3.8) is 0 Å². The molecule has 0 saturated carbocycles. The normalized spacial score (nSPS) is 9.53. The van der Waals surface area contributed by atoms with Gasteiger partial charge in [0.15, 0.2) is 6.20 Å². The van der Waals surface area contributed by atoms with Crippen molar-refractivity contribution in [3.05, 3.63) is 23.5 Å². The van der Waals surface area contributed by atoms with Gasteiger partial charge in [0.05, 0.1) is 12.2 Å². The van der Waals surface area contributed by atoms with E-state index in [1.165, 1.54) is 0 Å².